The van der Waals surface area contributed by atoms with Gasteiger partial charge in [-0.05, 0) is 18.3 Å². The first kappa shape index (κ1) is 7.56. The van der Waals surface area contributed by atoms with Gasteiger partial charge in [-0.1, -0.05) is 6.42 Å². The van der Waals surface area contributed by atoms with Gasteiger partial charge in [0, 0.05) is 26.1 Å². The zero-order valence-corrected chi connectivity index (χ0v) is 7.23. The molecule has 1 N–H and O–H groups in total. The van der Waals surface area contributed by atoms with Crippen molar-refractivity contribution < 1.29 is 4.74 Å². The van der Waals surface area contributed by atoms with Gasteiger partial charge in [0.2, 0.25) is 0 Å². The lowest BCUT2D eigenvalue weighted by molar-refractivity contribution is 0.0381. The van der Waals surface area contributed by atoms with E-state index in [-0.39, 0.29) is 0 Å². The molecule has 2 heteroatoms. The van der Waals surface area contributed by atoms with Gasteiger partial charge in [-0.15, -0.1) is 0 Å². The molecule has 11 heavy (non-hydrogen) atoms. The third kappa shape index (κ3) is 1.09. The molecule has 0 aromatic carbocycles. The summed E-state index contributed by atoms with van der Waals surface area (Å²) in [7, 11) is 1.81. The number of rotatable bonds is 2. The fourth-order valence-electron chi connectivity index (χ4n) is 2.51. The Morgan fingerprint density at radius 2 is 2.36 bits per heavy atom. The van der Waals surface area contributed by atoms with Crippen LogP contribution in [-0.4, -0.2) is 26.8 Å². The number of hydrogen-bond acceptors (Lipinski definition) is 2. The Balaban J connectivity index is 1.96. The van der Waals surface area contributed by atoms with E-state index in [2.05, 4.69) is 5.32 Å². The van der Waals surface area contributed by atoms with E-state index in [1.165, 1.54) is 32.4 Å². The van der Waals surface area contributed by atoms with Crippen LogP contribution in [0, 0.1) is 11.3 Å². The quantitative estimate of drug-likeness (QED) is 0.643. The monoisotopic (exact) mass is 155 g/mol. The molecule has 0 amide bonds. The summed E-state index contributed by atoms with van der Waals surface area (Å²) in [5.74, 6) is 0.793. The highest BCUT2D eigenvalue weighted by molar-refractivity contribution is 4.99. The molecule has 0 aromatic rings. The van der Waals surface area contributed by atoms with Crippen molar-refractivity contribution in [3.63, 3.8) is 0 Å². The summed E-state index contributed by atoms with van der Waals surface area (Å²) < 4.78 is 5.22. The van der Waals surface area contributed by atoms with Crippen LogP contribution in [0.1, 0.15) is 19.3 Å². The van der Waals surface area contributed by atoms with Crippen molar-refractivity contribution in [3.8, 4) is 0 Å². The molecule has 1 saturated heterocycles. The summed E-state index contributed by atoms with van der Waals surface area (Å²) >= 11 is 0. The molecule has 1 atom stereocenters. The van der Waals surface area contributed by atoms with E-state index < -0.39 is 0 Å². The average molecular weight is 155 g/mol. The van der Waals surface area contributed by atoms with Crippen LogP contribution in [0.25, 0.3) is 0 Å². The van der Waals surface area contributed by atoms with Gasteiger partial charge in [0.1, 0.15) is 0 Å². The molecular formula is C9H17NO. The SMILES string of the molecule is COC[C@H]1CNCC12CCC2. The lowest BCUT2D eigenvalue weighted by Crippen LogP contribution is -2.38. The first-order valence-electron chi connectivity index (χ1n) is 4.57. The second-order valence-corrected chi connectivity index (χ2v) is 4.00. The molecule has 2 nitrogen and oxygen atoms in total. The fraction of sp³-hybridized carbons (Fsp3) is 1.00. The topological polar surface area (TPSA) is 21.3 Å². The van der Waals surface area contributed by atoms with Crippen molar-refractivity contribution in [1.82, 2.24) is 5.32 Å². The Bertz CT molecular complexity index is 142. The zero-order chi connectivity index (χ0) is 7.73. The molecule has 2 aliphatic rings. The number of ether oxygens (including phenoxy) is 1. The normalized spacial score (nSPS) is 34.1. The van der Waals surface area contributed by atoms with Gasteiger partial charge in [0.25, 0.3) is 0 Å². The Morgan fingerprint density at radius 3 is 2.91 bits per heavy atom. The molecule has 0 radical (unpaired) electrons. The van der Waals surface area contributed by atoms with Gasteiger partial charge >= 0.3 is 0 Å². The van der Waals surface area contributed by atoms with Gasteiger partial charge in [0.05, 0.1) is 6.61 Å². The first-order chi connectivity index (χ1) is 5.37. The predicted molar refractivity (Wildman–Crippen MR) is 44.5 cm³/mol. The zero-order valence-electron chi connectivity index (χ0n) is 7.23. The summed E-state index contributed by atoms with van der Waals surface area (Å²) in [5, 5.41) is 3.47. The van der Waals surface area contributed by atoms with Gasteiger partial charge in [-0.25, -0.2) is 0 Å². The van der Waals surface area contributed by atoms with Crippen molar-refractivity contribution in [1.29, 1.82) is 0 Å². The maximum Gasteiger partial charge on any atom is 0.0508 e. The maximum atomic E-state index is 5.22. The summed E-state index contributed by atoms with van der Waals surface area (Å²) in [6, 6.07) is 0. The standard InChI is InChI=1S/C9H17NO/c1-11-6-8-5-10-7-9(8)3-2-4-9/h8,10H,2-7H2,1H3/t8-/m1/s1. The van der Waals surface area contributed by atoms with E-state index in [0.717, 1.165) is 12.5 Å². The van der Waals surface area contributed by atoms with E-state index in [9.17, 15) is 0 Å². The van der Waals surface area contributed by atoms with E-state index in [1.54, 1.807) is 0 Å². The van der Waals surface area contributed by atoms with Crippen molar-refractivity contribution >= 4 is 0 Å². The minimum absolute atomic E-state index is 0.649. The van der Waals surface area contributed by atoms with Gasteiger partial charge in [-0.2, -0.15) is 0 Å². The van der Waals surface area contributed by atoms with Crippen LogP contribution in [0.15, 0.2) is 0 Å². The van der Waals surface area contributed by atoms with Crippen molar-refractivity contribution in [2.24, 2.45) is 11.3 Å². The Labute approximate surface area is 68.3 Å². The molecule has 1 aliphatic carbocycles. The Morgan fingerprint density at radius 1 is 1.55 bits per heavy atom. The van der Waals surface area contributed by atoms with Crippen LogP contribution in [0.4, 0.5) is 0 Å². The van der Waals surface area contributed by atoms with Crippen LogP contribution < -0.4 is 5.32 Å². The number of hydrogen-bond donors (Lipinski definition) is 1. The van der Waals surface area contributed by atoms with Gasteiger partial charge in [-0.3, -0.25) is 0 Å². The molecule has 0 aromatic heterocycles. The highest BCUT2D eigenvalue weighted by Gasteiger charge is 2.46. The second kappa shape index (κ2) is 2.76. The van der Waals surface area contributed by atoms with Gasteiger partial charge < -0.3 is 10.1 Å². The average Bonchev–Trinajstić information content (AvgIpc) is 2.31. The predicted octanol–water partition coefficient (Wildman–Crippen LogP) is 1.02. The molecule has 1 saturated carbocycles. The van der Waals surface area contributed by atoms with Crippen LogP contribution in [0.3, 0.4) is 0 Å². The number of nitrogens with one attached hydrogen (secondary N) is 1. The molecule has 2 rings (SSSR count). The van der Waals surface area contributed by atoms with Crippen molar-refractivity contribution in [2.45, 2.75) is 19.3 Å². The van der Waals surface area contributed by atoms with E-state index in [0.29, 0.717) is 5.41 Å². The molecule has 64 valence electrons. The Kier molecular flexibility index (Phi) is 1.90. The number of methoxy groups -OCH3 is 1. The third-order valence-electron chi connectivity index (χ3n) is 3.45. The first-order valence-corrected chi connectivity index (χ1v) is 4.57. The highest BCUT2D eigenvalue weighted by Crippen LogP contribution is 2.48. The Hall–Kier alpha value is -0.0800. The maximum absolute atomic E-state index is 5.22. The summed E-state index contributed by atoms with van der Waals surface area (Å²) in [6.45, 7) is 3.36. The fourth-order valence-corrected chi connectivity index (χ4v) is 2.51. The molecule has 1 spiro atoms. The molecule has 0 unspecified atom stereocenters. The summed E-state index contributed by atoms with van der Waals surface area (Å²) in [4.78, 5) is 0. The van der Waals surface area contributed by atoms with E-state index in [1.807, 2.05) is 7.11 Å². The van der Waals surface area contributed by atoms with Crippen molar-refractivity contribution in [3.05, 3.63) is 0 Å². The molecule has 0 bridgehead atoms. The molecule has 1 aliphatic heterocycles. The largest absolute Gasteiger partial charge is 0.384 e. The lowest BCUT2D eigenvalue weighted by Gasteiger charge is -2.42. The smallest absolute Gasteiger partial charge is 0.0508 e. The van der Waals surface area contributed by atoms with Crippen LogP contribution in [0.5, 0.6) is 0 Å². The second-order valence-electron chi connectivity index (χ2n) is 4.00. The van der Waals surface area contributed by atoms with Crippen LogP contribution in [0.2, 0.25) is 0 Å². The molecule has 2 fully saturated rings. The molecule has 1 heterocycles. The highest BCUT2D eigenvalue weighted by atomic mass is 16.5. The summed E-state index contributed by atoms with van der Waals surface area (Å²) in [5.41, 5.74) is 0.649. The minimum atomic E-state index is 0.649. The minimum Gasteiger partial charge on any atom is -0.384 e. The molecular weight excluding hydrogens is 138 g/mol. The van der Waals surface area contributed by atoms with Crippen LogP contribution >= 0.6 is 0 Å². The van der Waals surface area contributed by atoms with E-state index in [4.69, 9.17) is 4.74 Å². The van der Waals surface area contributed by atoms with E-state index >= 15 is 0 Å². The van der Waals surface area contributed by atoms with Crippen molar-refractivity contribution in [2.75, 3.05) is 26.8 Å². The van der Waals surface area contributed by atoms with Crippen LogP contribution in [-0.2, 0) is 4.74 Å². The lowest BCUT2D eigenvalue weighted by atomic mass is 9.63. The third-order valence-corrected chi connectivity index (χ3v) is 3.45. The van der Waals surface area contributed by atoms with Gasteiger partial charge in [0.15, 0.2) is 0 Å². The summed E-state index contributed by atoms with van der Waals surface area (Å²) in [6.07, 6.45) is 4.28.